The molecule has 1 N–H and O–H groups in total. The van der Waals surface area contributed by atoms with Crippen molar-refractivity contribution >= 4 is 0 Å². The van der Waals surface area contributed by atoms with E-state index in [0.29, 0.717) is 6.04 Å². The van der Waals surface area contributed by atoms with E-state index >= 15 is 0 Å². The zero-order valence-corrected chi connectivity index (χ0v) is 13.9. The lowest BCUT2D eigenvalue weighted by Gasteiger charge is -2.35. The van der Waals surface area contributed by atoms with Crippen molar-refractivity contribution in [1.82, 2.24) is 5.32 Å². The summed E-state index contributed by atoms with van der Waals surface area (Å²) < 4.78 is 6.19. The number of nitrogens with one attached hydrogen (secondary N) is 1. The van der Waals surface area contributed by atoms with Gasteiger partial charge >= 0.3 is 0 Å². The van der Waals surface area contributed by atoms with Gasteiger partial charge in [0.05, 0.1) is 12.7 Å². The van der Waals surface area contributed by atoms with E-state index in [-0.39, 0.29) is 6.10 Å². The molecule has 0 saturated heterocycles. The van der Waals surface area contributed by atoms with Crippen molar-refractivity contribution in [2.24, 2.45) is 5.92 Å². The molecule has 118 valence electrons. The smallest absolute Gasteiger partial charge is 0.0980 e. The van der Waals surface area contributed by atoms with Crippen molar-refractivity contribution in [3.05, 3.63) is 35.4 Å². The van der Waals surface area contributed by atoms with Gasteiger partial charge in [-0.15, -0.1) is 0 Å². The highest BCUT2D eigenvalue weighted by Crippen LogP contribution is 2.33. The minimum Gasteiger partial charge on any atom is -0.372 e. The van der Waals surface area contributed by atoms with E-state index in [2.05, 4.69) is 50.4 Å². The number of rotatable bonds is 8. The first-order chi connectivity index (χ1) is 10.3. The van der Waals surface area contributed by atoms with Crippen LogP contribution in [0.15, 0.2) is 24.3 Å². The summed E-state index contributed by atoms with van der Waals surface area (Å²) in [7, 11) is 0. The lowest BCUT2D eigenvalue weighted by atomic mass is 9.86. The normalized spacial score (nSPS) is 19.5. The summed E-state index contributed by atoms with van der Waals surface area (Å²) in [6.45, 7) is 8.78. The summed E-state index contributed by atoms with van der Waals surface area (Å²) in [5.41, 5.74) is 2.88. The second kappa shape index (κ2) is 8.55. The maximum Gasteiger partial charge on any atom is 0.0980 e. The lowest BCUT2D eigenvalue weighted by molar-refractivity contribution is 0.00894. The van der Waals surface area contributed by atoms with Crippen molar-refractivity contribution in [1.29, 1.82) is 0 Å². The standard InChI is InChI=1S/C19H31NO/c1-4-12-20-18(14-15(5-2)6-3)19-17-10-8-7-9-16(17)11-13-21-19/h7-10,15,18-20H,4-6,11-14H2,1-3H3. The maximum absolute atomic E-state index is 6.19. The molecular formula is C19H31NO. The molecule has 21 heavy (non-hydrogen) atoms. The quantitative estimate of drug-likeness (QED) is 0.761. The van der Waals surface area contributed by atoms with Crippen LogP contribution in [-0.2, 0) is 11.2 Å². The van der Waals surface area contributed by atoms with Crippen molar-refractivity contribution in [3.8, 4) is 0 Å². The second-order valence-corrected chi connectivity index (χ2v) is 6.22. The first-order valence-electron chi connectivity index (χ1n) is 8.72. The van der Waals surface area contributed by atoms with Crippen LogP contribution in [0.5, 0.6) is 0 Å². The van der Waals surface area contributed by atoms with Gasteiger partial charge in [0, 0.05) is 6.04 Å². The minimum absolute atomic E-state index is 0.224. The van der Waals surface area contributed by atoms with Crippen LogP contribution in [0.3, 0.4) is 0 Å². The van der Waals surface area contributed by atoms with Gasteiger partial charge in [-0.1, -0.05) is 57.9 Å². The van der Waals surface area contributed by atoms with Gasteiger partial charge in [-0.2, -0.15) is 0 Å². The summed E-state index contributed by atoms with van der Waals surface area (Å²) in [4.78, 5) is 0. The van der Waals surface area contributed by atoms with Gasteiger partial charge in [0.15, 0.2) is 0 Å². The fourth-order valence-corrected chi connectivity index (χ4v) is 3.38. The molecule has 0 spiro atoms. The molecule has 0 bridgehead atoms. The highest BCUT2D eigenvalue weighted by Gasteiger charge is 2.29. The molecule has 2 atom stereocenters. The van der Waals surface area contributed by atoms with Crippen LogP contribution in [0.4, 0.5) is 0 Å². The third-order valence-electron chi connectivity index (χ3n) is 4.79. The molecule has 2 rings (SSSR count). The van der Waals surface area contributed by atoms with Gasteiger partial charge in [0.2, 0.25) is 0 Å². The molecule has 2 nitrogen and oxygen atoms in total. The first kappa shape index (κ1) is 16.5. The van der Waals surface area contributed by atoms with E-state index in [1.54, 1.807) is 0 Å². The van der Waals surface area contributed by atoms with Crippen molar-refractivity contribution in [3.63, 3.8) is 0 Å². The van der Waals surface area contributed by atoms with Crippen molar-refractivity contribution in [2.75, 3.05) is 13.2 Å². The molecule has 2 heteroatoms. The van der Waals surface area contributed by atoms with Crippen LogP contribution in [0.25, 0.3) is 0 Å². The van der Waals surface area contributed by atoms with Gasteiger partial charge in [-0.3, -0.25) is 0 Å². The Hall–Kier alpha value is -0.860. The Morgan fingerprint density at radius 3 is 2.67 bits per heavy atom. The number of hydrogen-bond donors (Lipinski definition) is 1. The Morgan fingerprint density at radius 1 is 1.19 bits per heavy atom. The molecule has 1 heterocycles. The lowest BCUT2D eigenvalue weighted by Crippen LogP contribution is -2.40. The molecule has 0 aromatic heterocycles. The van der Waals surface area contributed by atoms with Gasteiger partial charge in [0.1, 0.15) is 0 Å². The van der Waals surface area contributed by atoms with Gasteiger partial charge in [0.25, 0.3) is 0 Å². The zero-order valence-electron chi connectivity index (χ0n) is 13.9. The van der Waals surface area contributed by atoms with E-state index in [1.165, 1.54) is 36.8 Å². The third kappa shape index (κ3) is 4.31. The topological polar surface area (TPSA) is 21.3 Å². The molecule has 1 aliphatic rings. The highest BCUT2D eigenvalue weighted by atomic mass is 16.5. The molecule has 1 aromatic rings. The number of benzene rings is 1. The van der Waals surface area contributed by atoms with E-state index < -0.39 is 0 Å². The average molecular weight is 289 g/mol. The number of hydrogen-bond acceptors (Lipinski definition) is 2. The molecule has 1 aromatic carbocycles. The molecular weight excluding hydrogens is 258 g/mol. The van der Waals surface area contributed by atoms with Crippen molar-refractivity contribution < 1.29 is 4.74 Å². The molecule has 1 aliphatic heterocycles. The molecule has 0 amide bonds. The molecule has 0 aliphatic carbocycles. The Morgan fingerprint density at radius 2 is 1.95 bits per heavy atom. The van der Waals surface area contributed by atoms with Crippen LogP contribution < -0.4 is 5.32 Å². The average Bonchev–Trinajstić information content (AvgIpc) is 2.55. The number of ether oxygens (including phenoxy) is 1. The summed E-state index contributed by atoms with van der Waals surface area (Å²) in [6, 6.07) is 9.26. The third-order valence-corrected chi connectivity index (χ3v) is 4.79. The monoisotopic (exact) mass is 289 g/mol. The molecule has 0 saturated carbocycles. The Labute approximate surface area is 130 Å². The summed E-state index contributed by atoms with van der Waals surface area (Å²) >= 11 is 0. The first-order valence-corrected chi connectivity index (χ1v) is 8.72. The predicted octanol–water partition coefficient (Wildman–Crippen LogP) is 4.49. The Kier molecular flexibility index (Phi) is 6.72. The SMILES string of the molecule is CCCNC(CC(CC)CC)C1OCCc2ccccc21. The van der Waals surface area contributed by atoms with Crippen LogP contribution >= 0.6 is 0 Å². The van der Waals surface area contributed by atoms with Crippen LogP contribution in [0.2, 0.25) is 0 Å². The van der Waals surface area contributed by atoms with Gasteiger partial charge in [-0.25, -0.2) is 0 Å². The number of fused-ring (bicyclic) bond motifs is 1. The Bertz CT molecular complexity index is 414. The second-order valence-electron chi connectivity index (χ2n) is 6.22. The largest absolute Gasteiger partial charge is 0.372 e. The van der Waals surface area contributed by atoms with Gasteiger partial charge in [-0.05, 0) is 42.9 Å². The summed E-state index contributed by atoms with van der Waals surface area (Å²) in [5, 5.41) is 3.75. The van der Waals surface area contributed by atoms with E-state index in [1.807, 2.05) is 0 Å². The fourth-order valence-electron chi connectivity index (χ4n) is 3.38. The predicted molar refractivity (Wildman–Crippen MR) is 89.6 cm³/mol. The molecule has 0 fully saturated rings. The highest BCUT2D eigenvalue weighted by molar-refractivity contribution is 5.32. The summed E-state index contributed by atoms with van der Waals surface area (Å²) in [6.07, 6.45) is 6.18. The van der Waals surface area contributed by atoms with E-state index in [4.69, 9.17) is 4.74 Å². The van der Waals surface area contributed by atoms with E-state index in [0.717, 1.165) is 25.5 Å². The molecule has 0 radical (unpaired) electrons. The molecule has 2 unspecified atom stereocenters. The zero-order chi connectivity index (χ0) is 15.1. The van der Waals surface area contributed by atoms with Crippen LogP contribution in [-0.4, -0.2) is 19.2 Å². The summed E-state index contributed by atoms with van der Waals surface area (Å²) in [5.74, 6) is 0.789. The van der Waals surface area contributed by atoms with Crippen LogP contribution in [0.1, 0.15) is 63.7 Å². The minimum atomic E-state index is 0.224. The van der Waals surface area contributed by atoms with E-state index in [9.17, 15) is 0 Å². The maximum atomic E-state index is 6.19. The van der Waals surface area contributed by atoms with Gasteiger partial charge < -0.3 is 10.1 Å². The fraction of sp³-hybridized carbons (Fsp3) is 0.684. The Balaban J connectivity index is 2.16. The van der Waals surface area contributed by atoms with Crippen molar-refractivity contribution in [2.45, 2.75) is 65.0 Å². The van der Waals surface area contributed by atoms with Crippen LogP contribution in [0, 0.1) is 5.92 Å².